The van der Waals surface area contributed by atoms with E-state index in [2.05, 4.69) is 17.2 Å². The average Bonchev–Trinajstić information content (AvgIpc) is 2.98. The van der Waals surface area contributed by atoms with Crippen LogP contribution in [0.4, 0.5) is 0 Å². The van der Waals surface area contributed by atoms with E-state index in [9.17, 15) is 0 Å². The number of hydrogen-bond donors (Lipinski definition) is 0. The Bertz CT molecular complexity index is 263. The molecule has 0 saturated heterocycles. The molecule has 2 aromatic heterocycles. The first-order chi connectivity index (χ1) is 7.79. The normalized spacial score (nSPS) is 5.90. The van der Waals surface area contributed by atoms with Crippen LogP contribution in [0.15, 0.2) is 30.9 Å². The Morgan fingerprint density at radius 3 is 1.55 bits per heavy atom. The van der Waals surface area contributed by atoms with Crippen molar-refractivity contribution in [1.29, 1.82) is 0 Å². The maximum absolute atomic E-state index is 3.78. The average molecular weight is 284 g/mol. The Kier molecular flexibility index (Phi) is 57.6. The van der Waals surface area contributed by atoms with Gasteiger partial charge in [0.05, 0.1) is 0 Å². The molecule has 0 radical (unpaired) electrons. The summed E-state index contributed by atoms with van der Waals surface area (Å²) < 4.78 is 3.64. The first-order valence-electron chi connectivity index (χ1n) is 5.62. The van der Waals surface area contributed by atoms with Gasteiger partial charge in [-0.1, -0.05) is 35.1 Å². The van der Waals surface area contributed by atoms with Crippen molar-refractivity contribution >= 4 is 23.1 Å². The zero-order valence-electron chi connectivity index (χ0n) is 13.9. The summed E-state index contributed by atoms with van der Waals surface area (Å²) in [5.74, 6) is 0. The molecule has 5 heteroatoms. The summed E-state index contributed by atoms with van der Waals surface area (Å²) in [5.41, 5.74) is 0. The van der Waals surface area contributed by atoms with Gasteiger partial charge in [-0.15, -0.1) is 18.6 Å². The molecule has 0 aliphatic rings. The number of aryl methyl sites for hydroxylation is 2. The van der Waals surface area contributed by atoms with Crippen molar-refractivity contribution in [3.8, 4) is 0 Å². The number of rotatable bonds is 0. The summed E-state index contributed by atoms with van der Waals surface area (Å²) in [4.78, 5) is 0. The Morgan fingerprint density at radius 1 is 0.950 bits per heavy atom. The van der Waals surface area contributed by atoms with Crippen molar-refractivity contribution in [3.05, 3.63) is 50.4 Å². The molecule has 3 nitrogen and oxygen atoms in total. The van der Waals surface area contributed by atoms with Gasteiger partial charge in [0.15, 0.2) is 0 Å². The Morgan fingerprint density at radius 2 is 1.45 bits per heavy atom. The first kappa shape index (κ1) is 36.8. The van der Waals surface area contributed by atoms with Gasteiger partial charge in [-0.2, -0.15) is 6.20 Å². The fourth-order valence-corrected chi connectivity index (χ4v) is 0.663. The molecular weight excluding hydrogens is 253 g/mol. The molecule has 0 saturated carbocycles. The van der Waals surface area contributed by atoms with Gasteiger partial charge < -0.3 is 22.7 Å². The number of nitrogens with zero attached hydrogens (tertiary/aromatic N) is 3. The van der Waals surface area contributed by atoms with Crippen LogP contribution in [0.2, 0.25) is 0 Å². The minimum atomic E-state index is 0. The molecule has 0 bridgehead atoms. The monoisotopic (exact) mass is 283 g/mol. The maximum atomic E-state index is 3.78. The van der Waals surface area contributed by atoms with Crippen LogP contribution in [-0.4, -0.2) is 37.4 Å². The van der Waals surface area contributed by atoms with Gasteiger partial charge >= 0.3 is 41.9 Å². The minimum Gasteiger partial charge on any atom is -0.451 e. The van der Waals surface area contributed by atoms with E-state index in [4.69, 9.17) is 0 Å². The molecule has 108 valence electrons. The third-order valence-corrected chi connectivity index (χ3v) is 1.26. The van der Waals surface area contributed by atoms with E-state index >= 15 is 0 Å². The molecule has 0 atom stereocenters. The fourth-order valence-electron chi connectivity index (χ4n) is 0.663. The molecular formula is C15H30LiMgN3. The van der Waals surface area contributed by atoms with Gasteiger partial charge in [0.2, 0.25) is 0 Å². The molecule has 0 spiro atoms. The minimum absolute atomic E-state index is 0. The van der Waals surface area contributed by atoms with Crippen LogP contribution in [0.25, 0.3) is 0 Å². The van der Waals surface area contributed by atoms with E-state index in [1.165, 1.54) is 0 Å². The molecule has 20 heavy (non-hydrogen) atoms. The molecule has 0 fully saturated rings. The summed E-state index contributed by atoms with van der Waals surface area (Å²) >= 11 is 0. The van der Waals surface area contributed by atoms with Crippen LogP contribution in [0.1, 0.15) is 35.1 Å². The first-order valence-corrected chi connectivity index (χ1v) is 5.62. The van der Waals surface area contributed by atoms with E-state index in [-0.39, 0.29) is 56.8 Å². The fraction of sp³-hybridized carbons (Fsp3) is 0.467. The van der Waals surface area contributed by atoms with Crippen molar-refractivity contribution in [2.24, 2.45) is 14.1 Å². The predicted octanol–water partition coefficient (Wildman–Crippen LogP) is 0.808. The molecule has 2 heterocycles. The molecule has 0 aliphatic heterocycles. The van der Waals surface area contributed by atoms with Crippen molar-refractivity contribution in [2.45, 2.75) is 35.1 Å². The quantitative estimate of drug-likeness (QED) is 0.518. The largest absolute Gasteiger partial charge is 2.00 e. The van der Waals surface area contributed by atoms with Gasteiger partial charge in [-0.05, 0) is 7.05 Å². The summed E-state index contributed by atoms with van der Waals surface area (Å²) in [6.45, 7) is 8.00. The zero-order chi connectivity index (χ0) is 12.8. The zero-order valence-corrected chi connectivity index (χ0v) is 15.3. The van der Waals surface area contributed by atoms with E-state index in [0.29, 0.717) is 0 Å². The number of hydrogen-bond acceptors (Lipinski definition) is 1. The van der Waals surface area contributed by atoms with E-state index in [1.54, 1.807) is 17.1 Å². The molecule has 0 N–H and O–H groups in total. The van der Waals surface area contributed by atoms with E-state index in [0.717, 1.165) is 0 Å². The molecule has 0 unspecified atom stereocenters. The van der Waals surface area contributed by atoms with Crippen LogP contribution in [0.3, 0.4) is 0 Å². The van der Waals surface area contributed by atoms with Gasteiger partial charge in [-0.3, -0.25) is 0 Å². The summed E-state index contributed by atoms with van der Waals surface area (Å²) in [6.07, 6.45) is 7.21. The molecule has 2 aromatic rings. The van der Waals surface area contributed by atoms with Crippen LogP contribution < -0.4 is 18.9 Å². The summed E-state index contributed by atoms with van der Waals surface area (Å²) in [5, 5.41) is 3.78. The molecule has 0 aliphatic carbocycles. The molecule has 2 rings (SSSR count). The topological polar surface area (TPSA) is 22.8 Å². The second-order valence-corrected chi connectivity index (χ2v) is 2.39. The third kappa shape index (κ3) is 26.4. The third-order valence-electron chi connectivity index (χ3n) is 1.26. The van der Waals surface area contributed by atoms with E-state index < -0.39 is 0 Å². The summed E-state index contributed by atoms with van der Waals surface area (Å²) in [7, 11) is 3.83. The standard InChI is InChI=1S/C5H6N.C4H5N2.2C2H6.CH4.CH3.Li.Mg/c2*1-6-4-2-3-5-6;2*1-2;;;;/h2,4-5H,1H3;3-4H,1H3;2*1-2H3;1H4;1H3;;/q2*-1;;;;-1;+1;+2. The van der Waals surface area contributed by atoms with Gasteiger partial charge in [0.25, 0.3) is 0 Å². The van der Waals surface area contributed by atoms with Crippen LogP contribution >= 0.6 is 0 Å². The second-order valence-electron chi connectivity index (χ2n) is 2.39. The predicted molar refractivity (Wildman–Crippen MR) is 87.9 cm³/mol. The van der Waals surface area contributed by atoms with Crippen LogP contribution in [0, 0.1) is 19.6 Å². The Balaban J connectivity index is -0.0000000339. The van der Waals surface area contributed by atoms with E-state index in [1.807, 2.05) is 64.8 Å². The van der Waals surface area contributed by atoms with Gasteiger partial charge in [0.1, 0.15) is 0 Å². The molecule has 0 amide bonds. The van der Waals surface area contributed by atoms with Gasteiger partial charge in [-0.25, -0.2) is 17.2 Å². The van der Waals surface area contributed by atoms with Crippen molar-refractivity contribution < 1.29 is 18.9 Å². The van der Waals surface area contributed by atoms with Crippen LogP contribution in [0.5, 0.6) is 0 Å². The molecule has 0 aromatic carbocycles. The van der Waals surface area contributed by atoms with Gasteiger partial charge in [0, 0.05) is 7.05 Å². The summed E-state index contributed by atoms with van der Waals surface area (Å²) in [6, 6.07) is 7.55. The van der Waals surface area contributed by atoms with Crippen molar-refractivity contribution in [1.82, 2.24) is 14.3 Å². The second kappa shape index (κ2) is 31.3. The van der Waals surface area contributed by atoms with Crippen LogP contribution in [-0.2, 0) is 14.1 Å². The SMILES string of the molecule is C.CC.CC.Cn1c[c-]cc1.Cn1c[c-]cn1.[CH3-].[Li+].[Mg+2]. The van der Waals surface area contributed by atoms with Crippen molar-refractivity contribution in [3.63, 3.8) is 0 Å². The number of aromatic nitrogens is 3. The Labute approximate surface area is 155 Å². The maximum Gasteiger partial charge on any atom is 2.00 e. The Hall–Kier alpha value is -0.146. The van der Waals surface area contributed by atoms with Crippen molar-refractivity contribution in [2.75, 3.05) is 0 Å². The smallest absolute Gasteiger partial charge is 0.451 e.